The van der Waals surface area contributed by atoms with Crippen LogP contribution in [0.1, 0.15) is 16.8 Å². The van der Waals surface area contributed by atoms with Crippen LogP contribution >= 0.6 is 0 Å². The molecule has 2 heterocycles. The van der Waals surface area contributed by atoms with Gasteiger partial charge in [-0.1, -0.05) is 78.9 Å². The minimum atomic E-state index is -4.41. The number of nitrogens with zero attached hydrogens (tertiary/aromatic N) is 1. The van der Waals surface area contributed by atoms with Crippen molar-refractivity contribution in [2.24, 2.45) is 0 Å². The molecule has 0 spiro atoms. The number of benzene rings is 5. The van der Waals surface area contributed by atoms with Crippen molar-refractivity contribution in [3.63, 3.8) is 0 Å². The Hall–Kier alpha value is -5.43. The number of fused-ring (bicyclic) bond motifs is 6. The second-order valence-corrected chi connectivity index (χ2v) is 10.4. The predicted octanol–water partition coefficient (Wildman–Crippen LogP) is 9.04. The van der Waals surface area contributed by atoms with E-state index in [2.05, 4.69) is 46.7 Å². The molecule has 0 aliphatic heterocycles. The van der Waals surface area contributed by atoms with E-state index >= 15 is 0 Å². The average molecular weight is 572 g/mol. The lowest BCUT2D eigenvalue weighted by Crippen LogP contribution is -2.21. The number of para-hydroxylation sites is 1. The molecular weight excluding hydrogens is 547 g/mol. The summed E-state index contributed by atoms with van der Waals surface area (Å²) in [7, 11) is 0. The van der Waals surface area contributed by atoms with E-state index in [0.717, 1.165) is 66.7 Å². The molecule has 0 saturated heterocycles. The molecule has 0 bridgehead atoms. The van der Waals surface area contributed by atoms with Crippen molar-refractivity contribution >= 4 is 55.3 Å². The molecule has 0 fully saturated rings. The number of pyridine rings is 1. The number of alkyl halides is 3. The van der Waals surface area contributed by atoms with E-state index in [-0.39, 0.29) is 12.5 Å². The summed E-state index contributed by atoms with van der Waals surface area (Å²) in [6.45, 7) is 0.171. The van der Waals surface area contributed by atoms with Gasteiger partial charge in [-0.15, -0.1) is 0 Å². The van der Waals surface area contributed by atoms with E-state index in [1.165, 1.54) is 24.3 Å². The molecule has 1 amide bonds. The highest BCUT2D eigenvalue weighted by atomic mass is 19.4. The highest BCUT2D eigenvalue weighted by Gasteiger charge is 2.29. The Kier molecular flexibility index (Phi) is 6.43. The largest absolute Gasteiger partial charge is 0.416 e. The first-order valence-corrected chi connectivity index (χ1v) is 13.8. The fourth-order valence-corrected chi connectivity index (χ4v) is 5.63. The summed E-state index contributed by atoms with van der Waals surface area (Å²) in [5.41, 5.74) is 4.13. The number of hydrogen-bond acceptors (Lipinski definition) is 2. The van der Waals surface area contributed by atoms with Crippen LogP contribution in [-0.2, 0) is 17.5 Å². The quantitative estimate of drug-likeness (QED) is 0.160. The predicted molar refractivity (Wildman–Crippen MR) is 166 cm³/mol. The molecule has 43 heavy (non-hydrogen) atoms. The standard InChI is InChI=1S/C36H24F3N3O/c37-36(38,39)24-16-13-22(14-17-24)15-18-33(43)40-21-25-20-31-29-11-5-6-12-32(29)42-35(31)34(41-25)30-19-23-7-1-2-8-26(23)27-9-3-4-10-28(27)30/h1-20,42H,21H2,(H,40,43)/b18-15+. The molecule has 7 rings (SSSR count). The monoisotopic (exact) mass is 571 g/mol. The van der Waals surface area contributed by atoms with Gasteiger partial charge in [0.05, 0.1) is 29.0 Å². The number of amides is 1. The van der Waals surface area contributed by atoms with E-state index in [4.69, 9.17) is 4.98 Å². The summed E-state index contributed by atoms with van der Waals surface area (Å²) < 4.78 is 38.6. The minimum absolute atomic E-state index is 0.171. The van der Waals surface area contributed by atoms with Gasteiger partial charge in [0, 0.05) is 27.9 Å². The molecule has 7 heteroatoms. The summed E-state index contributed by atoms with van der Waals surface area (Å²) in [6, 6.07) is 33.5. The summed E-state index contributed by atoms with van der Waals surface area (Å²) in [6.07, 6.45) is -1.61. The Bertz CT molecular complexity index is 2190. The Morgan fingerprint density at radius 3 is 2.21 bits per heavy atom. The van der Waals surface area contributed by atoms with Crippen molar-refractivity contribution in [1.82, 2.24) is 15.3 Å². The van der Waals surface area contributed by atoms with E-state index in [0.29, 0.717) is 11.3 Å². The van der Waals surface area contributed by atoms with Crippen LogP contribution in [0.3, 0.4) is 0 Å². The Labute approximate surface area is 244 Å². The van der Waals surface area contributed by atoms with Gasteiger partial charge in [-0.2, -0.15) is 13.2 Å². The Balaban J connectivity index is 1.27. The van der Waals surface area contributed by atoms with Crippen molar-refractivity contribution < 1.29 is 18.0 Å². The number of aromatic nitrogens is 2. The number of hydrogen-bond donors (Lipinski definition) is 2. The van der Waals surface area contributed by atoms with Crippen molar-refractivity contribution in [2.45, 2.75) is 12.7 Å². The fourth-order valence-electron chi connectivity index (χ4n) is 5.63. The molecule has 0 saturated carbocycles. The summed E-state index contributed by atoms with van der Waals surface area (Å²) in [4.78, 5) is 21.3. The molecule has 0 atom stereocenters. The highest BCUT2D eigenvalue weighted by molar-refractivity contribution is 6.18. The number of H-pyrrole nitrogens is 1. The van der Waals surface area contributed by atoms with E-state index in [9.17, 15) is 18.0 Å². The molecule has 210 valence electrons. The zero-order chi connectivity index (χ0) is 29.6. The average Bonchev–Trinajstić information content (AvgIpc) is 3.40. The number of carbonyl (C=O) groups is 1. The third kappa shape index (κ3) is 4.99. The van der Waals surface area contributed by atoms with Gasteiger partial charge in [0.1, 0.15) is 0 Å². The Morgan fingerprint density at radius 2 is 1.44 bits per heavy atom. The topological polar surface area (TPSA) is 57.8 Å². The fraction of sp³-hybridized carbons (Fsp3) is 0.0556. The van der Waals surface area contributed by atoms with Crippen LogP contribution in [0.5, 0.6) is 0 Å². The molecule has 2 aromatic heterocycles. The summed E-state index contributed by atoms with van der Waals surface area (Å²) in [5.74, 6) is -0.376. The van der Waals surface area contributed by atoms with Crippen molar-refractivity contribution in [3.05, 3.63) is 132 Å². The molecular formula is C36H24F3N3O. The first-order chi connectivity index (χ1) is 20.8. The van der Waals surface area contributed by atoms with Gasteiger partial charge in [0.15, 0.2) is 0 Å². The van der Waals surface area contributed by atoms with Crippen LogP contribution in [0.2, 0.25) is 0 Å². The van der Waals surface area contributed by atoms with Crippen LogP contribution in [0.25, 0.3) is 60.7 Å². The van der Waals surface area contributed by atoms with Gasteiger partial charge in [-0.3, -0.25) is 4.79 Å². The second-order valence-electron chi connectivity index (χ2n) is 10.4. The van der Waals surface area contributed by atoms with Crippen LogP contribution in [0.4, 0.5) is 13.2 Å². The lowest BCUT2D eigenvalue weighted by molar-refractivity contribution is -0.137. The first-order valence-electron chi connectivity index (χ1n) is 13.8. The van der Waals surface area contributed by atoms with Gasteiger partial charge in [0.25, 0.3) is 0 Å². The maximum absolute atomic E-state index is 12.9. The van der Waals surface area contributed by atoms with Crippen LogP contribution < -0.4 is 5.32 Å². The molecule has 0 unspecified atom stereocenters. The summed E-state index contributed by atoms with van der Waals surface area (Å²) >= 11 is 0. The lowest BCUT2D eigenvalue weighted by Gasteiger charge is -2.13. The maximum Gasteiger partial charge on any atom is 0.416 e. The highest BCUT2D eigenvalue weighted by Crippen LogP contribution is 2.39. The molecule has 5 aromatic carbocycles. The second kappa shape index (κ2) is 10.4. The zero-order valence-electron chi connectivity index (χ0n) is 22.7. The van der Waals surface area contributed by atoms with Crippen LogP contribution in [0, 0.1) is 0 Å². The smallest absolute Gasteiger partial charge is 0.353 e. The SMILES string of the molecule is O=C(/C=C/c1ccc(C(F)(F)F)cc1)NCc1cc2c([nH]c3ccccc32)c(-c2cc3ccccc3c3ccccc23)n1. The molecule has 2 N–H and O–H groups in total. The third-order valence-electron chi connectivity index (χ3n) is 7.68. The Morgan fingerprint density at radius 1 is 0.767 bits per heavy atom. The lowest BCUT2D eigenvalue weighted by atomic mass is 9.94. The van der Waals surface area contributed by atoms with E-state index in [1.54, 1.807) is 0 Å². The molecule has 4 nitrogen and oxygen atoms in total. The van der Waals surface area contributed by atoms with Crippen molar-refractivity contribution in [1.29, 1.82) is 0 Å². The van der Waals surface area contributed by atoms with Crippen molar-refractivity contribution in [2.75, 3.05) is 0 Å². The number of halogens is 3. The van der Waals surface area contributed by atoms with Crippen LogP contribution in [-0.4, -0.2) is 15.9 Å². The number of rotatable bonds is 5. The maximum atomic E-state index is 12.9. The van der Waals surface area contributed by atoms with Gasteiger partial charge in [-0.25, -0.2) is 4.98 Å². The zero-order valence-corrected chi connectivity index (χ0v) is 22.7. The minimum Gasteiger partial charge on any atom is -0.353 e. The number of carbonyl (C=O) groups excluding carboxylic acids is 1. The van der Waals surface area contributed by atoms with Gasteiger partial charge >= 0.3 is 6.18 Å². The molecule has 0 aliphatic rings. The van der Waals surface area contributed by atoms with E-state index in [1.807, 2.05) is 48.5 Å². The van der Waals surface area contributed by atoms with E-state index < -0.39 is 11.7 Å². The number of aromatic amines is 1. The van der Waals surface area contributed by atoms with Gasteiger partial charge in [0.2, 0.25) is 5.91 Å². The number of nitrogens with one attached hydrogen (secondary N) is 2. The van der Waals surface area contributed by atoms with Gasteiger partial charge in [-0.05, 0) is 63.5 Å². The molecule has 0 radical (unpaired) electrons. The van der Waals surface area contributed by atoms with Crippen LogP contribution in [0.15, 0.2) is 115 Å². The van der Waals surface area contributed by atoms with Gasteiger partial charge < -0.3 is 10.3 Å². The summed E-state index contributed by atoms with van der Waals surface area (Å²) in [5, 5.41) is 9.42. The van der Waals surface area contributed by atoms with Crippen molar-refractivity contribution in [3.8, 4) is 11.3 Å². The third-order valence-corrected chi connectivity index (χ3v) is 7.68. The molecule has 7 aromatic rings. The first kappa shape index (κ1) is 26.5. The molecule has 0 aliphatic carbocycles. The normalized spacial score (nSPS) is 12.2.